The summed E-state index contributed by atoms with van der Waals surface area (Å²) in [5.41, 5.74) is 0. The fraction of sp³-hybridized carbons (Fsp3) is 0. The summed E-state index contributed by atoms with van der Waals surface area (Å²) in [5.74, 6) is 0. The van der Waals surface area contributed by atoms with E-state index in [9.17, 15) is 0 Å². The van der Waals surface area contributed by atoms with Crippen molar-refractivity contribution in [3.63, 3.8) is 0 Å². The summed E-state index contributed by atoms with van der Waals surface area (Å²) in [5, 5.41) is 0. The molecule has 0 rings (SSSR count). The van der Waals surface area contributed by atoms with E-state index in [1.165, 1.54) is 0 Å². The maximum Gasteiger partial charge on any atom is 3.00 e. The van der Waals surface area contributed by atoms with E-state index in [1.807, 2.05) is 0 Å². The standard InChI is InChI=1S/3HI.Rh/h3*1H;/q;;;+3/p-3. The van der Waals surface area contributed by atoms with E-state index in [0.29, 0.717) is 0 Å². The first-order valence-corrected chi connectivity index (χ1v) is 0. The van der Waals surface area contributed by atoms with Crippen molar-refractivity contribution in [1.29, 1.82) is 0 Å². The van der Waals surface area contributed by atoms with Crippen LogP contribution in [-0.4, -0.2) is 0 Å². The summed E-state index contributed by atoms with van der Waals surface area (Å²) in [6, 6.07) is 0. The van der Waals surface area contributed by atoms with E-state index in [-0.39, 0.29) is 91.4 Å². The first-order chi connectivity index (χ1) is 0. The van der Waals surface area contributed by atoms with Gasteiger partial charge in [-0.15, -0.1) is 0 Å². The molecule has 0 aliphatic rings. The van der Waals surface area contributed by atoms with Crippen LogP contribution in [0.1, 0.15) is 0 Å². The number of rotatable bonds is 0. The van der Waals surface area contributed by atoms with Crippen LogP contribution in [-0.2, 0) is 19.5 Å². The Hall–Kier alpha value is 2.81. The molecule has 4 heteroatoms. The third-order valence-electron chi connectivity index (χ3n) is 0. The molecule has 0 saturated heterocycles. The van der Waals surface area contributed by atoms with Crippen molar-refractivity contribution in [1.82, 2.24) is 0 Å². The summed E-state index contributed by atoms with van der Waals surface area (Å²) < 4.78 is 0. The quantitative estimate of drug-likeness (QED) is 0.237. The van der Waals surface area contributed by atoms with Gasteiger partial charge in [-0.05, 0) is 0 Å². The van der Waals surface area contributed by atoms with Gasteiger partial charge in [0.1, 0.15) is 0 Å². The van der Waals surface area contributed by atoms with Crippen LogP contribution in [0.5, 0.6) is 0 Å². The van der Waals surface area contributed by atoms with Crippen LogP contribution in [0, 0.1) is 0 Å². The van der Waals surface area contributed by atoms with Crippen molar-refractivity contribution in [2.24, 2.45) is 0 Å². The van der Waals surface area contributed by atoms with Crippen molar-refractivity contribution < 1.29 is 91.4 Å². The van der Waals surface area contributed by atoms with Gasteiger partial charge in [-0.2, -0.15) is 0 Å². The Morgan fingerprint density at radius 3 is 0.500 bits per heavy atom. The Labute approximate surface area is 89.7 Å². The van der Waals surface area contributed by atoms with Gasteiger partial charge in [-0.3, -0.25) is 0 Å². The van der Waals surface area contributed by atoms with Gasteiger partial charge in [0.05, 0.1) is 0 Å². The molecule has 0 N–H and O–H groups in total. The van der Waals surface area contributed by atoms with Gasteiger partial charge in [-0.1, -0.05) is 0 Å². The van der Waals surface area contributed by atoms with Gasteiger partial charge < -0.3 is 71.9 Å². The molecule has 0 aliphatic heterocycles. The summed E-state index contributed by atoms with van der Waals surface area (Å²) in [6.45, 7) is 0. The monoisotopic (exact) mass is 484 g/mol. The molecule has 0 amide bonds. The normalized spacial score (nSPS) is 0. The minimum Gasteiger partial charge on any atom is -1.00 e. The van der Waals surface area contributed by atoms with E-state index < -0.39 is 0 Å². The first-order valence-electron chi connectivity index (χ1n) is 0. The average molecular weight is 484 g/mol. The fourth-order valence-electron chi connectivity index (χ4n) is 0. The molecular formula is I3Rh. The molecule has 0 aliphatic carbocycles. The molecule has 0 spiro atoms. The number of hydrogen-bond donors (Lipinski definition) is 0. The molecule has 0 heterocycles. The van der Waals surface area contributed by atoms with E-state index in [2.05, 4.69) is 0 Å². The van der Waals surface area contributed by atoms with Crippen LogP contribution in [0.25, 0.3) is 0 Å². The third kappa shape index (κ3) is 8.84. The van der Waals surface area contributed by atoms with Crippen molar-refractivity contribution in [3.8, 4) is 0 Å². The molecule has 0 aromatic heterocycles. The van der Waals surface area contributed by atoms with Crippen LogP contribution in [0.2, 0.25) is 0 Å². The van der Waals surface area contributed by atoms with Gasteiger partial charge in [0.2, 0.25) is 0 Å². The Morgan fingerprint density at radius 1 is 0.500 bits per heavy atom. The zero-order chi connectivity index (χ0) is 0. The van der Waals surface area contributed by atoms with E-state index >= 15 is 0 Å². The zero-order valence-electron chi connectivity index (χ0n) is 1.47. The average Bonchev–Trinajstić information content (AvgIpc) is 0. The molecule has 0 atom stereocenters. The summed E-state index contributed by atoms with van der Waals surface area (Å²) in [6.07, 6.45) is 0. The maximum atomic E-state index is 0. The van der Waals surface area contributed by atoms with E-state index in [0.717, 1.165) is 0 Å². The van der Waals surface area contributed by atoms with Crippen LogP contribution in [0.15, 0.2) is 0 Å². The Kier molecular flexibility index (Phi) is 124. The number of halogens is 3. The second kappa shape index (κ2) is 17.0. The fourth-order valence-corrected chi connectivity index (χ4v) is 0. The Balaban J connectivity index is 0. The van der Waals surface area contributed by atoms with Crippen molar-refractivity contribution in [2.45, 2.75) is 0 Å². The second-order valence-corrected chi connectivity index (χ2v) is 0. The molecule has 4 heavy (non-hydrogen) atoms. The van der Waals surface area contributed by atoms with Gasteiger partial charge in [0, 0.05) is 0 Å². The molecule has 0 radical (unpaired) electrons. The molecule has 0 bridgehead atoms. The molecule has 0 aromatic rings. The van der Waals surface area contributed by atoms with Crippen molar-refractivity contribution in [3.05, 3.63) is 0 Å². The van der Waals surface area contributed by atoms with Gasteiger partial charge in [0.25, 0.3) is 0 Å². The largest absolute Gasteiger partial charge is 3.00 e. The van der Waals surface area contributed by atoms with Gasteiger partial charge in [-0.25, -0.2) is 0 Å². The van der Waals surface area contributed by atoms with Crippen LogP contribution in [0.4, 0.5) is 0 Å². The molecule has 0 aromatic carbocycles. The Morgan fingerprint density at radius 2 is 0.500 bits per heavy atom. The van der Waals surface area contributed by atoms with Crippen LogP contribution in [0.3, 0.4) is 0 Å². The zero-order valence-corrected chi connectivity index (χ0v) is 9.58. The predicted octanol–water partition coefficient (Wildman–Crippen LogP) is -8.99. The number of hydrogen-bond acceptors (Lipinski definition) is 0. The SMILES string of the molecule is [I-].[I-].[I-].[Rh+3]. The van der Waals surface area contributed by atoms with Gasteiger partial charge in [0.15, 0.2) is 0 Å². The molecule has 0 nitrogen and oxygen atoms in total. The maximum absolute atomic E-state index is 0. The summed E-state index contributed by atoms with van der Waals surface area (Å²) in [7, 11) is 0. The molecule has 0 unspecified atom stereocenters. The summed E-state index contributed by atoms with van der Waals surface area (Å²) in [4.78, 5) is 0. The first kappa shape index (κ1) is 29.1. The van der Waals surface area contributed by atoms with E-state index in [1.54, 1.807) is 0 Å². The van der Waals surface area contributed by atoms with Gasteiger partial charge >= 0.3 is 19.5 Å². The van der Waals surface area contributed by atoms with Crippen molar-refractivity contribution in [2.75, 3.05) is 0 Å². The summed E-state index contributed by atoms with van der Waals surface area (Å²) >= 11 is 0. The Bertz CT molecular complexity index is 3.25. The minimum absolute atomic E-state index is 0. The predicted molar refractivity (Wildman–Crippen MR) is 0 cm³/mol. The molecule has 0 saturated carbocycles. The molecular weight excluding hydrogens is 484 g/mol. The van der Waals surface area contributed by atoms with E-state index in [4.69, 9.17) is 0 Å². The molecule has 30 valence electrons. The topological polar surface area (TPSA) is 0 Å². The third-order valence-corrected chi connectivity index (χ3v) is 0. The minimum atomic E-state index is 0. The second-order valence-electron chi connectivity index (χ2n) is 0. The van der Waals surface area contributed by atoms with Crippen LogP contribution >= 0.6 is 0 Å². The molecule has 0 fully saturated rings. The van der Waals surface area contributed by atoms with Crippen LogP contribution < -0.4 is 71.9 Å². The van der Waals surface area contributed by atoms with Crippen molar-refractivity contribution >= 4 is 0 Å². The smallest absolute Gasteiger partial charge is 1.00 e.